The molecule has 31 heavy (non-hydrogen) atoms. The number of unbranched alkanes of at least 4 members (excludes halogenated alkanes) is 4. The van der Waals surface area contributed by atoms with Crippen molar-refractivity contribution in [1.82, 2.24) is 9.80 Å². The molecule has 0 spiro atoms. The van der Waals surface area contributed by atoms with Crippen LogP contribution in [0.1, 0.15) is 99.8 Å². The van der Waals surface area contributed by atoms with Gasteiger partial charge in [0, 0.05) is 43.6 Å². The Kier molecular flexibility index (Phi) is 13.7. The molecule has 0 aliphatic carbocycles. The van der Waals surface area contributed by atoms with Crippen LogP contribution < -0.4 is 0 Å². The average molecular weight is 457 g/mol. The Balaban J connectivity index is 4.82. The lowest BCUT2D eigenvalue weighted by Gasteiger charge is -2.32. The lowest BCUT2D eigenvalue weighted by atomic mass is 9.86. The van der Waals surface area contributed by atoms with Gasteiger partial charge in [-0.3, -0.25) is 14.4 Å². The number of rotatable bonds is 14. The first-order valence-electron chi connectivity index (χ1n) is 11.9. The molecule has 0 rings (SSSR count). The number of carbonyl (C=O) groups is 3. The van der Waals surface area contributed by atoms with Crippen molar-refractivity contribution in [2.24, 2.45) is 5.41 Å². The number of hydrogen-bond acceptors (Lipinski definition) is 4. The third kappa shape index (κ3) is 13.2. The molecule has 0 heterocycles. The molecule has 0 aromatic heterocycles. The van der Waals surface area contributed by atoms with Gasteiger partial charge in [-0.05, 0) is 25.0 Å². The highest BCUT2D eigenvalue weighted by atomic mass is 32.2. The van der Waals surface area contributed by atoms with Gasteiger partial charge in [0.05, 0.1) is 0 Å². The van der Waals surface area contributed by atoms with E-state index < -0.39 is 11.5 Å². The molecule has 2 amide bonds. The molecule has 0 aromatic rings. The summed E-state index contributed by atoms with van der Waals surface area (Å²) in [4.78, 5) is 41.7. The molecule has 0 aliphatic heterocycles. The van der Waals surface area contributed by atoms with Crippen LogP contribution in [0.25, 0.3) is 0 Å². The smallest absolute Gasteiger partial charge is 0.245 e. The van der Waals surface area contributed by atoms with Crippen LogP contribution in [0.5, 0.6) is 0 Å². The molecular weight excluding hydrogens is 408 g/mol. The van der Waals surface area contributed by atoms with Crippen molar-refractivity contribution in [2.75, 3.05) is 26.4 Å². The molecule has 0 fully saturated rings. The molecule has 0 aromatic carbocycles. The number of Topliss-reactive ketones (excluding diaryl/α,β-unsaturated/α-hetero) is 1. The van der Waals surface area contributed by atoms with Gasteiger partial charge in [0.2, 0.25) is 11.8 Å². The van der Waals surface area contributed by atoms with Crippen LogP contribution in [-0.2, 0) is 14.4 Å². The summed E-state index contributed by atoms with van der Waals surface area (Å²) in [6.07, 6.45) is 6.52. The molecular formula is C25H48N2O3S. The quantitative estimate of drug-likeness (QED) is 0.321. The summed E-state index contributed by atoms with van der Waals surface area (Å²) in [5.74, 6) is 0.965. The second-order valence-electron chi connectivity index (χ2n) is 10.6. The van der Waals surface area contributed by atoms with E-state index in [0.29, 0.717) is 17.7 Å². The Labute approximate surface area is 196 Å². The predicted octanol–water partition coefficient (Wildman–Crippen LogP) is 5.56. The molecule has 1 atom stereocenters. The SMILES string of the molecule is CCCCN(C)C(=O)C(CC(=O)C(C)(C)C)N(C)C(=O)CCCCCCSC(C)(C)C. The van der Waals surface area contributed by atoms with Crippen LogP contribution in [-0.4, -0.2) is 64.6 Å². The Morgan fingerprint density at radius 1 is 0.871 bits per heavy atom. The van der Waals surface area contributed by atoms with Crippen molar-refractivity contribution in [1.29, 1.82) is 0 Å². The molecule has 0 N–H and O–H groups in total. The minimum atomic E-state index is -0.718. The van der Waals surface area contributed by atoms with Gasteiger partial charge < -0.3 is 9.80 Å². The normalized spacial score (nSPS) is 13.1. The van der Waals surface area contributed by atoms with Crippen molar-refractivity contribution in [3.05, 3.63) is 0 Å². The summed E-state index contributed by atoms with van der Waals surface area (Å²) in [6.45, 7) is 15.0. The molecule has 6 heteroatoms. The first kappa shape index (κ1) is 30.0. The number of ketones is 1. The van der Waals surface area contributed by atoms with Crippen molar-refractivity contribution in [3.63, 3.8) is 0 Å². The molecule has 0 aliphatic rings. The van der Waals surface area contributed by atoms with Crippen LogP contribution >= 0.6 is 11.8 Å². The zero-order chi connectivity index (χ0) is 24.2. The van der Waals surface area contributed by atoms with Gasteiger partial charge in [-0.25, -0.2) is 0 Å². The summed E-state index contributed by atoms with van der Waals surface area (Å²) >= 11 is 1.98. The lowest BCUT2D eigenvalue weighted by Crippen LogP contribution is -2.50. The molecule has 0 saturated carbocycles. The fourth-order valence-electron chi connectivity index (χ4n) is 3.09. The number of carbonyl (C=O) groups excluding carboxylic acids is 3. The highest BCUT2D eigenvalue weighted by molar-refractivity contribution is 8.00. The van der Waals surface area contributed by atoms with Crippen LogP contribution in [0.3, 0.4) is 0 Å². The van der Waals surface area contributed by atoms with Crippen molar-refractivity contribution < 1.29 is 14.4 Å². The Morgan fingerprint density at radius 2 is 1.45 bits per heavy atom. The zero-order valence-electron chi connectivity index (χ0n) is 21.7. The second kappa shape index (κ2) is 14.2. The number of likely N-dealkylation sites (N-methyl/N-ethyl adjacent to an activating group) is 2. The third-order valence-electron chi connectivity index (χ3n) is 5.40. The number of amides is 2. The summed E-state index contributed by atoms with van der Waals surface area (Å²) in [7, 11) is 3.44. The van der Waals surface area contributed by atoms with E-state index in [9.17, 15) is 14.4 Å². The maximum absolute atomic E-state index is 13.1. The van der Waals surface area contributed by atoms with Gasteiger partial charge in [0.1, 0.15) is 11.8 Å². The van der Waals surface area contributed by atoms with E-state index in [0.717, 1.165) is 44.3 Å². The van der Waals surface area contributed by atoms with Gasteiger partial charge in [-0.1, -0.05) is 67.7 Å². The molecule has 0 saturated heterocycles. The second-order valence-corrected chi connectivity index (χ2v) is 12.6. The average Bonchev–Trinajstić information content (AvgIpc) is 2.66. The van der Waals surface area contributed by atoms with E-state index in [1.807, 2.05) is 32.5 Å². The maximum atomic E-state index is 13.1. The molecule has 182 valence electrons. The Hall–Kier alpha value is -1.04. The summed E-state index contributed by atoms with van der Waals surface area (Å²) < 4.78 is 0.301. The lowest BCUT2D eigenvalue weighted by molar-refractivity contribution is -0.146. The van der Waals surface area contributed by atoms with Crippen molar-refractivity contribution >= 4 is 29.4 Å². The monoisotopic (exact) mass is 456 g/mol. The van der Waals surface area contributed by atoms with E-state index in [-0.39, 0.29) is 24.0 Å². The summed E-state index contributed by atoms with van der Waals surface area (Å²) in [6, 6.07) is -0.718. The van der Waals surface area contributed by atoms with Gasteiger partial charge in [-0.15, -0.1) is 0 Å². The van der Waals surface area contributed by atoms with Crippen molar-refractivity contribution in [2.45, 2.75) is 111 Å². The molecule has 5 nitrogen and oxygen atoms in total. The number of thioether (sulfide) groups is 1. The highest BCUT2D eigenvalue weighted by Gasteiger charge is 2.34. The van der Waals surface area contributed by atoms with Gasteiger partial charge in [0.15, 0.2) is 0 Å². The first-order chi connectivity index (χ1) is 14.2. The standard InChI is InChI=1S/C25H48N2O3S/c1-10-11-17-26(8)23(30)20(19-21(28)24(2,3)4)27(9)22(29)16-14-12-13-15-18-31-25(5,6)7/h20H,10-19H2,1-9H3. The molecule has 0 radical (unpaired) electrons. The van der Waals surface area contributed by atoms with Crippen LogP contribution in [0.15, 0.2) is 0 Å². The predicted molar refractivity (Wildman–Crippen MR) is 133 cm³/mol. The summed E-state index contributed by atoms with van der Waals surface area (Å²) in [5.41, 5.74) is -0.532. The van der Waals surface area contributed by atoms with Gasteiger partial charge in [-0.2, -0.15) is 11.8 Å². The number of nitrogens with zero attached hydrogens (tertiary/aromatic N) is 2. The zero-order valence-corrected chi connectivity index (χ0v) is 22.5. The van der Waals surface area contributed by atoms with Gasteiger partial charge in [0.25, 0.3) is 0 Å². The fraction of sp³-hybridized carbons (Fsp3) is 0.880. The van der Waals surface area contributed by atoms with Crippen molar-refractivity contribution in [3.8, 4) is 0 Å². The third-order valence-corrected chi connectivity index (χ3v) is 6.76. The minimum Gasteiger partial charge on any atom is -0.344 e. The van der Waals surface area contributed by atoms with E-state index in [1.165, 1.54) is 4.90 Å². The van der Waals surface area contributed by atoms with E-state index in [4.69, 9.17) is 0 Å². The van der Waals surface area contributed by atoms with Crippen LogP contribution in [0.2, 0.25) is 0 Å². The topological polar surface area (TPSA) is 57.7 Å². The maximum Gasteiger partial charge on any atom is 0.245 e. The van der Waals surface area contributed by atoms with E-state index in [2.05, 4.69) is 27.7 Å². The van der Waals surface area contributed by atoms with Gasteiger partial charge >= 0.3 is 0 Å². The highest BCUT2D eigenvalue weighted by Crippen LogP contribution is 2.25. The van der Waals surface area contributed by atoms with E-state index >= 15 is 0 Å². The first-order valence-corrected chi connectivity index (χ1v) is 12.9. The minimum absolute atomic E-state index is 0.00531. The van der Waals surface area contributed by atoms with Crippen LogP contribution in [0.4, 0.5) is 0 Å². The largest absolute Gasteiger partial charge is 0.344 e. The summed E-state index contributed by atoms with van der Waals surface area (Å²) in [5, 5.41) is 0. The molecule has 0 bridgehead atoms. The van der Waals surface area contributed by atoms with E-state index in [1.54, 1.807) is 19.0 Å². The Morgan fingerprint density at radius 3 is 1.97 bits per heavy atom. The Bertz CT molecular complexity index is 564. The fourth-order valence-corrected chi connectivity index (χ4v) is 4.05. The number of hydrogen-bond donors (Lipinski definition) is 0. The van der Waals surface area contributed by atoms with Crippen LogP contribution in [0, 0.1) is 5.41 Å². The molecule has 1 unspecified atom stereocenters.